The highest BCUT2D eigenvalue weighted by Crippen LogP contribution is 2.10. The lowest BCUT2D eigenvalue weighted by atomic mass is 10.1. The van der Waals surface area contributed by atoms with Gasteiger partial charge >= 0.3 is 11.9 Å². The first-order chi connectivity index (χ1) is 14.2. The van der Waals surface area contributed by atoms with E-state index >= 15 is 0 Å². The van der Waals surface area contributed by atoms with Gasteiger partial charge in [0.15, 0.2) is 0 Å². The van der Waals surface area contributed by atoms with E-state index in [1.807, 2.05) is 30.3 Å². The van der Waals surface area contributed by atoms with Crippen LogP contribution in [-0.4, -0.2) is 25.2 Å². The van der Waals surface area contributed by atoms with Crippen LogP contribution in [0.5, 0.6) is 0 Å². The van der Waals surface area contributed by atoms with Crippen LogP contribution in [-0.2, 0) is 25.5 Å². The summed E-state index contributed by atoms with van der Waals surface area (Å²) in [5, 5.41) is 0. The van der Waals surface area contributed by atoms with Crippen LogP contribution in [0.3, 0.4) is 0 Å². The molecule has 0 N–H and O–H groups in total. The quantitative estimate of drug-likeness (QED) is 0.210. The zero-order valence-corrected chi connectivity index (χ0v) is 18.3. The summed E-state index contributed by atoms with van der Waals surface area (Å²) < 4.78 is 10.5. The molecule has 0 radical (unpaired) electrons. The van der Waals surface area contributed by atoms with E-state index in [0.717, 1.165) is 18.4 Å². The second-order valence-corrected chi connectivity index (χ2v) is 7.71. The van der Waals surface area contributed by atoms with Gasteiger partial charge in [-0.3, -0.25) is 9.59 Å². The number of hydrogen-bond donors (Lipinski definition) is 0. The highest BCUT2D eigenvalue weighted by Gasteiger charge is 2.07. The Hall–Kier alpha value is -1.84. The summed E-state index contributed by atoms with van der Waals surface area (Å²) in [6, 6.07) is 9.93. The van der Waals surface area contributed by atoms with E-state index in [4.69, 9.17) is 9.47 Å². The van der Waals surface area contributed by atoms with Crippen LogP contribution in [0.1, 0.15) is 96.0 Å². The Morgan fingerprint density at radius 2 is 1.17 bits per heavy atom. The number of hydrogen-bond acceptors (Lipinski definition) is 4. The Labute approximate surface area is 177 Å². The van der Waals surface area contributed by atoms with Gasteiger partial charge in [-0.1, -0.05) is 95.0 Å². The molecule has 0 aromatic heterocycles. The van der Waals surface area contributed by atoms with E-state index < -0.39 is 0 Å². The van der Waals surface area contributed by atoms with Crippen LogP contribution in [0.25, 0.3) is 0 Å². The van der Waals surface area contributed by atoms with Crippen molar-refractivity contribution in [3.8, 4) is 0 Å². The van der Waals surface area contributed by atoms with Gasteiger partial charge < -0.3 is 9.47 Å². The maximum absolute atomic E-state index is 11.7. The van der Waals surface area contributed by atoms with Crippen LogP contribution in [0, 0.1) is 0 Å². The molecule has 1 aromatic carbocycles. The van der Waals surface area contributed by atoms with Crippen molar-refractivity contribution in [3.05, 3.63) is 35.9 Å². The molecule has 29 heavy (non-hydrogen) atoms. The van der Waals surface area contributed by atoms with Crippen molar-refractivity contribution in [1.82, 2.24) is 0 Å². The number of carbonyl (C=O) groups excluding carboxylic acids is 2. The molecular weight excluding hydrogens is 364 g/mol. The molecule has 0 bridgehead atoms. The fourth-order valence-electron chi connectivity index (χ4n) is 3.22. The van der Waals surface area contributed by atoms with Crippen molar-refractivity contribution in [2.45, 2.75) is 96.8 Å². The van der Waals surface area contributed by atoms with Gasteiger partial charge in [0.05, 0.1) is 13.2 Å². The normalized spacial score (nSPS) is 10.7. The zero-order valence-electron chi connectivity index (χ0n) is 18.3. The second kappa shape index (κ2) is 18.2. The van der Waals surface area contributed by atoms with Gasteiger partial charge in [-0.05, 0) is 18.4 Å². The largest absolute Gasteiger partial charge is 0.466 e. The minimum atomic E-state index is -0.247. The van der Waals surface area contributed by atoms with Crippen molar-refractivity contribution in [2.75, 3.05) is 13.2 Å². The van der Waals surface area contributed by atoms with Crippen LogP contribution in [0.15, 0.2) is 30.3 Å². The second-order valence-electron chi connectivity index (χ2n) is 7.71. The first-order valence-electron chi connectivity index (χ1n) is 11.6. The fourth-order valence-corrected chi connectivity index (χ4v) is 3.22. The highest BCUT2D eigenvalue weighted by molar-refractivity contribution is 5.72. The Kier molecular flexibility index (Phi) is 15.8. The van der Waals surface area contributed by atoms with Gasteiger partial charge in [0.2, 0.25) is 0 Å². The van der Waals surface area contributed by atoms with Gasteiger partial charge in [0, 0.05) is 19.3 Å². The van der Waals surface area contributed by atoms with Gasteiger partial charge in [0.25, 0.3) is 0 Å². The van der Waals surface area contributed by atoms with Gasteiger partial charge in [-0.25, -0.2) is 0 Å². The first kappa shape index (κ1) is 25.2. The number of benzene rings is 1. The molecule has 0 aliphatic heterocycles. The number of rotatable bonds is 18. The summed E-state index contributed by atoms with van der Waals surface area (Å²) in [4.78, 5) is 23.4. The molecule has 1 aromatic rings. The molecule has 1 rings (SSSR count). The molecule has 0 fully saturated rings. The third-order valence-corrected chi connectivity index (χ3v) is 5.02. The van der Waals surface area contributed by atoms with Crippen molar-refractivity contribution in [3.63, 3.8) is 0 Å². The van der Waals surface area contributed by atoms with Crippen molar-refractivity contribution in [1.29, 1.82) is 0 Å². The molecule has 0 aliphatic rings. The predicted octanol–water partition coefficient (Wildman–Crippen LogP) is 6.41. The summed E-state index contributed by atoms with van der Waals surface area (Å²) in [7, 11) is 0. The minimum absolute atomic E-state index is 0.210. The molecule has 0 heterocycles. The van der Waals surface area contributed by atoms with E-state index in [9.17, 15) is 9.59 Å². The fraction of sp³-hybridized carbons (Fsp3) is 0.680. The van der Waals surface area contributed by atoms with Crippen molar-refractivity contribution < 1.29 is 19.1 Å². The van der Waals surface area contributed by atoms with Crippen LogP contribution in [0.4, 0.5) is 0 Å². The maximum Gasteiger partial charge on any atom is 0.305 e. The molecule has 164 valence electrons. The van der Waals surface area contributed by atoms with Gasteiger partial charge in [-0.15, -0.1) is 0 Å². The van der Waals surface area contributed by atoms with Gasteiger partial charge in [0.1, 0.15) is 0 Å². The van der Waals surface area contributed by atoms with E-state index in [0.29, 0.717) is 26.1 Å². The smallest absolute Gasteiger partial charge is 0.305 e. The van der Waals surface area contributed by atoms with Crippen LogP contribution < -0.4 is 0 Å². The third-order valence-electron chi connectivity index (χ3n) is 5.02. The highest BCUT2D eigenvalue weighted by atomic mass is 16.5. The summed E-state index contributed by atoms with van der Waals surface area (Å²) >= 11 is 0. The third kappa shape index (κ3) is 15.7. The molecule has 0 aliphatic carbocycles. The van der Waals surface area contributed by atoms with Crippen molar-refractivity contribution in [2.24, 2.45) is 0 Å². The van der Waals surface area contributed by atoms with E-state index in [1.165, 1.54) is 51.4 Å². The molecule has 0 amide bonds. The number of carbonyl (C=O) groups is 2. The monoisotopic (exact) mass is 404 g/mol. The summed E-state index contributed by atoms with van der Waals surface area (Å²) in [5.41, 5.74) is 1.15. The SMILES string of the molecule is CCCCCCCCCCCCOC(=O)CCCC(=O)OCCc1ccccc1. The Morgan fingerprint density at radius 1 is 0.655 bits per heavy atom. The molecule has 0 atom stereocenters. The van der Waals surface area contributed by atoms with E-state index in [-0.39, 0.29) is 24.8 Å². The molecule has 0 spiro atoms. The number of ether oxygens (including phenoxy) is 2. The summed E-state index contributed by atoms with van der Waals surface area (Å²) in [6.07, 6.45) is 14.4. The molecule has 0 saturated carbocycles. The Bertz CT molecular complexity index is 527. The zero-order chi connectivity index (χ0) is 21.0. The molecule has 4 nitrogen and oxygen atoms in total. The minimum Gasteiger partial charge on any atom is -0.466 e. The standard InChI is InChI=1S/C25H40O4/c1-2-3-4-5-6-7-8-9-10-14-21-28-24(26)18-15-19-25(27)29-22-20-23-16-12-11-13-17-23/h11-13,16-17H,2-10,14-15,18-22H2,1H3. The molecule has 4 heteroatoms. The predicted molar refractivity (Wildman–Crippen MR) is 118 cm³/mol. The Morgan fingerprint density at radius 3 is 1.76 bits per heavy atom. The van der Waals surface area contributed by atoms with Gasteiger partial charge in [-0.2, -0.15) is 0 Å². The molecule has 0 unspecified atom stereocenters. The molecule has 0 saturated heterocycles. The first-order valence-corrected chi connectivity index (χ1v) is 11.6. The summed E-state index contributed by atoms with van der Waals surface area (Å²) in [5.74, 6) is -0.457. The average Bonchev–Trinajstić information content (AvgIpc) is 2.73. The number of unbranched alkanes of at least 4 members (excludes halogenated alkanes) is 9. The summed E-state index contributed by atoms with van der Waals surface area (Å²) in [6.45, 7) is 3.12. The lowest BCUT2D eigenvalue weighted by molar-refractivity contribution is -0.145. The molecular formula is C25H40O4. The Balaban J connectivity index is 1.85. The maximum atomic E-state index is 11.7. The topological polar surface area (TPSA) is 52.6 Å². The lowest BCUT2D eigenvalue weighted by Crippen LogP contribution is -2.10. The van der Waals surface area contributed by atoms with Crippen LogP contribution in [0.2, 0.25) is 0 Å². The number of esters is 2. The van der Waals surface area contributed by atoms with E-state index in [2.05, 4.69) is 6.92 Å². The lowest BCUT2D eigenvalue weighted by Gasteiger charge is -2.06. The average molecular weight is 405 g/mol. The van der Waals surface area contributed by atoms with Crippen LogP contribution >= 0.6 is 0 Å². The van der Waals surface area contributed by atoms with Crippen molar-refractivity contribution >= 4 is 11.9 Å². The van der Waals surface area contributed by atoms with E-state index in [1.54, 1.807) is 0 Å².